The summed E-state index contributed by atoms with van der Waals surface area (Å²) in [7, 11) is 4.08. The molecule has 1 fully saturated rings. The van der Waals surface area contributed by atoms with Crippen LogP contribution in [-0.2, 0) is 5.54 Å². The zero-order valence-corrected chi connectivity index (χ0v) is 12.3. The van der Waals surface area contributed by atoms with Crippen molar-refractivity contribution in [3.05, 3.63) is 35.9 Å². The van der Waals surface area contributed by atoms with E-state index in [1.807, 2.05) is 25.2 Å². The first-order chi connectivity index (χ1) is 9.11. The summed E-state index contributed by atoms with van der Waals surface area (Å²) in [6.07, 6.45) is 1.35. The Morgan fingerprint density at radius 3 is 2.47 bits per heavy atom. The van der Waals surface area contributed by atoms with Crippen LogP contribution in [0.5, 0.6) is 0 Å². The number of rotatable bonds is 7. The first kappa shape index (κ1) is 14.5. The molecule has 0 aromatic heterocycles. The number of nitrogens with one attached hydrogen (secondary N) is 1. The molecule has 1 aliphatic rings. The van der Waals surface area contributed by atoms with Gasteiger partial charge in [0.05, 0.1) is 12.1 Å². The minimum absolute atomic E-state index is 0.109. The maximum absolute atomic E-state index is 9.89. The third kappa shape index (κ3) is 3.35. The molecule has 0 heterocycles. The van der Waals surface area contributed by atoms with Gasteiger partial charge < -0.3 is 15.3 Å². The van der Waals surface area contributed by atoms with Crippen molar-refractivity contribution >= 4 is 0 Å². The summed E-state index contributed by atoms with van der Waals surface area (Å²) >= 11 is 0. The SMILES string of the molecule is CNC(CO)(CN(C)CC1CC1C)c1ccccc1. The van der Waals surface area contributed by atoms with Crippen LogP contribution in [-0.4, -0.2) is 43.8 Å². The molecule has 1 aromatic rings. The van der Waals surface area contributed by atoms with Crippen LogP contribution in [0.2, 0.25) is 0 Å². The molecule has 19 heavy (non-hydrogen) atoms. The monoisotopic (exact) mass is 262 g/mol. The highest BCUT2D eigenvalue weighted by molar-refractivity contribution is 5.25. The van der Waals surface area contributed by atoms with Crippen molar-refractivity contribution < 1.29 is 5.11 Å². The molecule has 3 unspecified atom stereocenters. The smallest absolute Gasteiger partial charge is 0.0795 e. The zero-order chi connectivity index (χ0) is 13.9. The third-order valence-electron chi connectivity index (χ3n) is 4.44. The van der Waals surface area contributed by atoms with Crippen LogP contribution in [0.25, 0.3) is 0 Å². The Kier molecular flexibility index (Phi) is 4.61. The van der Waals surface area contributed by atoms with Gasteiger partial charge in [0.15, 0.2) is 0 Å². The summed E-state index contributed by atoms with van der Waals surface area (Å²) in [5.41, 5.74) is 0.782. The molecule has 0 bridgehead atoms. The fraction of sp³-hybridized carbons (Fsp3) is 0.625. The molecule has 3 nitrogen and oxygen atoms in total. The second-order valence-corrected chi connectivity index (χ2v) is 6.03. The van der Waals surface area contributed by atoms with Crippen LogP contribution in [0.1, 0.15) is 18.9 Å². The second kappa shape index (κ2) is 6.04. The van der Waals surface area contributed by atoms with Gasteiger partial charge in [-0.25, -0.2) is 0 Å². The van der Waals surface area contributed by atoms with E-state index >= 15 is 0 Å². The van der Waals surface area contributed by atoms with Crippen molar-refractivity contribution in [2.75, 3.05) is 33.8 Å². The summed E-state index contributed by atoms with van der Waals surface area (Å²) in [5, 5.41) is 13.2. The van der Waals surface area contributed by atoms with Crippen LogP contribution in [0.3, 0.4) is 0 Å². The standard InChI is InChI=1S/C16H26N2O/c1-13-9-14(13)10-18(3)11-16(12-19,17-2)15-7-5-4-6-8-15/h4-8,13-14,17,19H,9-12H2,1-3H3. The molecule has 0 radical (unpaired) electrons. The lowest BCUT2D eigenvalue weighted by molar-refractivity contribution is 0.122. The lowest BCUT2D eigenvalue weighted by Gasteiger charge is -2.36. The third-order valence-corrected chi connectivity index (χ3v) is 4.44. The largest absolute Gasteiger partial charge is 0.394 e. The highest BCUT2D eigenvalue weighted by atomic mass is 16.3. The molecule has 0 aliphatic heterocycles. The van der Waals surface area contributed by atoms with Gasteiger partial charge in [-0.05, 0) is 37.9 Å². The number of hydrogen-bond acceptors (Lipinski definition) is 3. The topological polar surface area (TPSA) is 35.5 Å². The number of benzene rings is 1. The molecule has 1 aromatic carbocycles. The Bertz CT molecular complexity index is 389. The lowest BCUT2D eigenvalue weighted by atomic mass is 9.90. The highest BCUT2D eigenvalue weighted by Gasteiger charge is 2.36. The zero-order valence-electron chi connectivity index (χ0n) is 12.3. The summed E-state index contributed by atoms with van der Waals surface area (Å²) in [4.78, 5) is 2.34. The molecule has 0 amide bonds. The van der Waals surface area contributed by atoms with Gasteiger partial charge in [0.2, 0.25) is 0 Å². The molecule has 0 spiro atoms. The van der Waals surface area contributed by atoms with E-state index in [4.69, 9.17) is 0 Å². The predicted octanol–water partition coefficient (Wildman–Crippen LogP) is 1.68. The van der Waals surface area contributed by atoms with Crippen LogP contribution in [0, 0.1) is 11.8 Å². The van der Waals surface area contributed by atoms with Crippen molar-refractivity contribution in [3.63, 3.8) is 0 Å². The van der Waals surface area contributed by atoms with Crippen molar-refractivity contribution in [3.8, 4) is 0 Å². The van der Waals surface area contributed by atoms with E-state index in [9.17, 15) is 5.11 Å². The van der Waals surface area contributed by atoms with E-state index in [2.05, 4.69) is 36.3 Å². The number of aliphatic hydroxyl groups is 1. The molecule has 2 rings (SSSR count). The average Bonchev–Trinajstić information content (AvgIpc) is 3.12. The van der Waals surface area contributed by atoms with E-state index < -0.39 is 0 Å². The number of nitrogens with zero attached hydrogens (tertiary/aromatic N) is 1. The van der Waals surface area contributed by atoms with Gasteiger partial charge in [0.1, 0.15) is 0 Å². The van der Waals surface area contributed by atoms with Gasteiger partial charge in [-0.1, -0.05) is 37.3 Å². The quantitative estimate of drug-likeness (QED) is 0.785. The first-order valence-corrected chi connectivity index (χ1v) is 7.15. The molecule has 1 aliphatic carbocycles. The summed E-state index contributed by atoms with van der Waals surface area (Å²) in [5.74, 6) is 1.71. The van der Waals surface area contributed by atoms with E-state index in [1.54, 1.807) is 0 Å². The van der Waals surface area contributed by atoms with E-state index in [0.29, 0.717) is 0 Å². The van der Waals surface area contributed by atoms with Gasteiger partial charge in [-0.2, -0.15) is 0 Å². The van der Waals surface area contributed by atoms with Crippen LogP contribution in [0.4, 0.5) is 0 Å². The van der Waals surface area contributed by atoms with Crippen molar-refractivity contribution in [2.45, 2.75) is 18.9 Å². The second-order valence-electron chi connectivity index (χ2n) is 6.03. The number of aliphatic hydroxyl groups excluding tert-OH is 1. The van der Waals surface area contributed by atoms with Crippen LogP contribution < -0.4 is 5.32 Å². The molecule has 3 heteroatoms. The molecule has 3 atom stereocenters. The van der Waals surface area contributed by atoms with Crippen molar-refractivity contribution in [1.29, 1.82) is 0 Å². The Morgan fingerprint density at radius 2 is 2.00 bits per heavy atom. The number of likely N-dealkylation sites (N-methyl/N-ethyl adjacent to an activating group) is 2. The van der Waals surface area contributed by atoms with Crippen LogP contribution in [0.15, 0.2) is 30.3 Å². The maximum atomic E-state index is 9.89. The summed E-state index contributed by atoms with van der Waals surface area (Å²) in [6, 6.07) is 10.2. The Balaban J connectivity index is 2.06. The number of hydrogen-bond donors (Lipinski definition) is 2. The highest BCUT2D eigenvalue weighted by Crippen LogP contribution is 2.38. The van der Waals surface area contributed by atoms with E-state index in [-0.39, 0.29) is 12.1 Å². The molecule has 0 saturated heterocycles. The Hall–Kier alpha value is -0.900. The maximum Gasteiger partial charge on any atom is 0.0795 e. The molecule has 106 valence electrons. The van der Waals surface area contributed by atoms with Crippen molar-refractivity contribution in [2.24, 2.45) is 11.8 Å². The Labute approximate surface area is 116 Å². The fourth-order valence-corrected chi connectivity index (χ4v) is 2.87. The van der Waals surface area contributed by atoms with Crippen LogP contribution >= 0.6 is 0 Å². The van der Waals surface area contributed by atoms with Gasteiger partial charge in [-0.15, -0.1) is 0 Å². The fourth-order valence-electron chi connectivity index (χ4n) is 2.87. The normalized spacial score (nSPS) is 25.3. The van der Waals surface area contributed by atoms with Gasteiger partial charge in [-0.3, -0.25) is 0 Å². The molecular weight excluding hydrogens is 236 g/mol. The van der Waals surface area contributed by atoms with Gasteiger partial charge in [0, 0.05) is 13.1 Å². The minimum atomic E-state index is -0.367. The van der Waals surface area contributed by atoms with E-state index in [0.717, 1.165) is 30.5 Å². The summed E-state index contributed by atoms with van der Waals surface area (Å²) in [6.45, 7) is 4.37. The van der Waals surface area contributed by atoms with Gasteiger partial charge >= 0.3 is 0 Å². The predicted molar refractivity (Wildman–Crippen MR) is 79.0 cm³/mol. The van der Waals surface area contributed by atoms with E-state index in [1.165, 1.54) is 6.42 Å². The lowest BCUT2D eigenvalue weighted by Crippen LogP contribution is -2.51. The van der Waals surface area contributed by atoms with Gasteiger partial charge in [0.25, 0.3) is 0 Å². The van der Waals surface area contributed by atoms with Crippen molar-refractivity contribution in [1.82, 2.24) is 10.2 Å². The molecular formula is C16H26N2O. The Morgan fingerprint density at radius 1 is 1.37 bits per heavy atom. The average molecular weight is 262 g/mol. The first-order valence-electron chi connectivity index (χ1n) is 7.15. The molecule has 2 N–H and O–H groups in total. The minimum Gasteiger partial charge on any atom is -0.394 e. The summed E-state index contributed by atoms with van der Waals surface area (Å²) < 4.78 is 0. The molecule has 1 saturated carbocycles.